The molecule has 0 aliphatic rings. The van der Waals surface area contributed by atoms with E-state index >= 15 is 0 Å². The number of terminal acetylenes is 1. The van der Waals surface area contributed by atoms with Crippen LogP contribution < -0.4 is 11.1 Å². The van der Waals surface area contributed by atoms with Gasteiger partial charge in [-0.15, -0.1) is 12.3 Å². The number of hydrogen-bond donors (Lipinski definition) is 2. The third-order valence-electron chi connectivity index (χ3n) is 1.29. The highest BCUT2D eigenvalue weighted by atomic mass is 35.5. The summed E-state index contributed by atoms with van der Waals surface area (Å²) < 4.78 is 0. The fraction of sp³-hybridized carbons (Fsp3) is 0.250. The Hall–Kier alpha value is -1.47. The predicted molar refractivity (Wildman–Crippen MR) is 53.4 cm³/mol. The molecule has 0 saturated heterocycles. The molecular formula is C8H9ClN4. The summed E-state index contributed by atoms with van der Waals surface area (Å²) in [6.45, 7) is 0.642. The molecule has 0 fully saturated rings. The Morgan fingerprint density at radius 1 is 1.62 bits per heavy atom. The van der Waals surface area contributed by atoms with Crippen molar-refractivity contribution in [3.8, 4) is 12.3 Å². The minimum Gasteiger partial charge on any atom is -0.369 e. The summed E-state index contributed by atoms with van der Waals surface area (Å²) in [6, 6.07) is 1.59. The fourth-order valence-corrected chi connectivity index (χ4v) is 0.978. The number of aromatic nitrogens is 2. The van der Waals surface area contributed by atoms with Crippen LogP contribution in [0.2, 0.25) is 5.15 Å². The maximum atomic E-state index is 5.65. The standard InChI is InChI=1S/C8H9ClN4/c1-2-3-4-11-7-5-6(9)12-8(10)13-7/h1,5H,3-4H2,(H3,10,11,12,13). The van der Waals surface area contributed by atoms with Gasteiger partial charge in [0.05, 0.1) is 0 Å². The third-order valence-corrected chi connectivity index (χ3v) is 1.48. The summed E-state index contributed by atoms with van der Waals surface area (Å²) in [6.07, 6.45) is 5.71. The highest BCUT2D eigenvalue weighted by molar-refractivity contribution is 6.29. The number of halogens is 1. The maximum absolute atomic E-state index is 5.65. The monoisotopic (exact) mass is 196 g/mol. The molecule has 1 aromatic rings. The van der Waals surface area contributed by atoms with Crippen molar-refractivity contribution in [2.45, 2.75) is 6.42 Å². The van der Waals surface area contributed by atoms with E-state index in [0.29, 0.717) is 23.9 Å². The van der Waals surface area contributed by atoms with Crippen LogP contribution >= 0.6 is 11.6 Å². The van der Waals surface area contributed by atoms with Crippen molar-refractivity contribution in [1.82, 2.24) is 9.97 Å². The van der Waals surface area contributed by atoms with Crippen LogP contribution in [-0.4, -0.2) is 16.5 Å². The Morgan fingerprint density at radius 2 is 2.38 bits per heavy atom. The minimum atomic E-state index is 0.149. The van der Waals surface area contributed by atoms with Crippen LogP contribution in [0.4, 0.5) is 11.8 Å². The van der Waals surface area contributed by atoms with E-state index in [-0.39, 0.29) is 5.95 Å². The van der Waals surface area contributed by atoms with Crippen molar-refractivity contribution in [2.75, 3.05) is 17.6 Å². The van der Waals surface area contributed by atoms with Gasteiger partial charge in [-0.1, -0.05) is 11.6 Å². The molecule has 1 rings (SSSR count). The lowest BCUT2D eigenvalue weighted by Crippen LogP contribution is -2.05. The first-order valence-electron chi connectivity index (χ1n) is 3.70. The van der Waals surface area contributed by atoms with E-state index in [2.05, 4.69) is 21.2 Å². The van der Waals surface area contributed by atoms with Crippen LogP contribution in [0.5, 0.6) is 0 Å². The normalized spacial score (nSPS) is 9.23. The van der Waals surface area contributed by atoms with Crippen LogP contribution in [0.25, 0.3) is 0 Å². The Balaban J connectivity index is 2.62. The van der Waals surface area contributed by atoms with Crippen molar-refractivity contribution in [1.29, 1.82) is 0 Å². The fourth-order valence-electron chi connectivity index (χ4n) is 0.789. The van der Waals surface area contributed by atoms with Crippen LogP contribution in [0.3, 0.4) is 0 Å². The second-order valence-corrected chi connectivity index (χ2v) is 2.70. The summed E-state index contributed by atoms with van der Waals surface area (Å²) in [4.78, 5) is 7.62. The van der Waals surface area contributed by atoms with Gasteiger partial charge >= 0.3 is 0 Å². The summed E-state index contributed by atoms with van der Waals surface area (Å²) >= 11 is 5.65. The predicted octanol–water partition coefficient (Wildman–Crippen LogP) is 1.15. The van der Waals surface area contributed by atoms with E-state index in [4.69, 9.17) is 23.8 Å². The number of nitrogens with zero attached hydrogens (tertiary/aromatic N) is 2. The maximum Gasteiger partial charge on any atom is 0.223 e. The van der Waals surface area contributed by atoms with Gasteiger partial charge < -0.3 is 11.1 Å². The molecular weight excluding hydrogens is 188 g/mol. The lowest BCUT2D eigenvalue weighted by atomic mass is 10.4. The molecule has 0 bridgehead atoms. The molecule has 3 N–H and O–H groups in total. The average Bonchev–Trinajstić information content (AvgIpc) is 2.03. The Kier molecular flexibility index (Phi) is 3.35. The molecule has 4 nitrogen and oxygen atoms in total. The molecule has 0 aromatic carbocycles. The van der Waals surface area contributed by atoms with Crippen molar-refractivity contribution in [3.63, 3.8) is 0 Å². The number of nitrogens with one attached hydrogen (secondary N) is 1. The lowest BCUT2D eigenvalue weighted by Gasteiger charge is -2.03. The van der Waals surface area contributed by atoms with E-state index in [1.807, 2.05) is 0 Å². The molecule has 13 heavy (non-hydrogen) atoms. The van der Waals surface area contributed by atoms with Crippen molar-refractivity contribution >= 4 is 23.4 Å². The van der Waals surface area contributed by atoms with Gasteiger partial charge in [0.25, 0.3) is 0 Å². The number of nitrogens with two attached hydrogens (primary N) is 1. The Labute approximate surface area is 81.5 Å². The zero-order chi connectivity index (χ0) is 9.68. The summed E-state index contributed by atoms with van der Waals surface area (Å²) in [5.74, 6) is 3.24. The van der Waals surface area contributed by atoms with E-state index in [1.54, 1.807) is 6.07 Å². The molecule has 0 atom stereocenters. The smallest absolute Gasteiger partial charge is 0.223 e. The van der Waals surface area contributed by atoms with Crippen molar-refractivity contribution < 1.29 is 0 Å². The second-order valence-electron chi connectivity index (χ2n) is 2.32. The van der Waals surface area contributed by atoms with Gasteiger partial charge in [-0.3, -0.25) is 0 Å². The van der Waals surface area contributed by atoms with Gasteiger partial charge in [0, 0.05) is 19.0 Å². The van der Waals surface area contributed by atoms with Crippen LogP contribution in [0.15, 0.2) is 6.07 Å². The first-order chi connectivity index (χ1) is 6.22. The highest BCUT2D eigenvalue weighted by Crippen LogP contribution is 2.11. The first kappa shape index (κ1) is 9.62. The Morgan fingerprint density at radius 3 is 3.00 bits per heavy atom. The molecule has 1 aromatic heterocycles. The second kappa shape index (κ2) is 4.53. The SMILES string of the molecule is C#CCCNc1cc(Cl)nc(N)n1. The summed E-state index contributed by atoms with van der Waals surface area (Å²) in [7, 11) is 0. The van der Waals surface area contributed by atoms with E-state index in [9.17, 15) is 0 Å². The van der Waals surface area contributed by atoms with E-state index in [1.165, 1.54) is 0 Å². The van der Waals surface area contributed by atoms with Gasteiger partial charge in [0.15, 0.2) is 0 Å². The van der Waals surface area contributed by atoms with Crippen LogP contribution in [0.1, 0.15) is 6.42 Å². The van der Waals surface area contributed by atoms with Gasteiger partial charge in [0.2, 0.25) is 5.95 Å². The molecule has 0 unspecified atom stereocenters. The molecule has 68 valence electrons. The molecule has 5 heteroatoms. The summed E-state index contributed by atoms with van der Waals surface area (Å²) in [5, 5.41) is 3.28. The quantitative estimate of drug-likeness (QED) is 0.433. The largest absolute Gasteiger partial charge is 0.369 e. The third kappa shape index (κ3) is 3.18. The van der Waals surface area contributed by atoms with Crippen LogP contribution in [0, 0.1) is 12.3 Å². The van der Waals surface area contributed by atoms with Gasteiger partial charge in [0.1, 0.15) is 11.0 Å². The lowest BCUT2D eigenvalue weighted by molar-refractivity contribution is 1.06. The molecule has 0 spiro atoms. The van der Waals surface area contributed by atoms with Crippen LogP contribution in [-0.2, 0) is 0 Å². The topological polar surface area (TPSA) is 63.8 Å². The first-order valence-corrected chi connectivity index (χ1v) is 4.07. The molecule has 0 amide bonds. The van der Waals surface area contributed by atoms with Gasteiger partial charge in [-0.2, -0.15) is 4.98 Å². The number of anilines is 2. The van der Waals surface area contributed by atoms with Gasteiger partial charge in [-0.05, 0) is 0 Å². The number of rotatable bonds is 3. The summed E-state index contributed by atoms with van der Waals surface area (Å²) in [5.41, 5.74) is 5.38. The molecule has 0 radical (unpaired) electrons. The number of hydrogen-bond acceptors (Lipinski definition) is 4. The molecule has 0 saturated carbocycles. The highest BCUT2D eigenvalue weighted by Gasteiger charge is 1.98. The van der Waals surface area contributed by atoms with E-state index in [0.717, 1.165) is 0 Å². The molecule has 0 aliphatic carbocycles. The van der Waals surface area contributed by atoms with E-state index < -0.39 is 0 Å². The van der Waals surface area contributed by atoms with Crippen molar-refractivity contribution in [2.24, 2.45) is 0 Å². The zero-order valence-corrected chi connectivity index (χ0v) is 7.67. The minimum absolute atomic E-state index is 0.149. The van der Waals surface area contributed by atoms with Gasteiger partial charge in [-0.25, -0.2) is 4.98 Å². The van der Waals surface area contributed by atoms with Crippen molar-refractivity contribution in [3.05, 3.63) is 11.2 Å². The average molecular weight is 197 g/mol. The molecule has 1 heterocycles. The Bertz CT molecular complexity index is 311. The molecule has 0 aliphatic heterocycles. The zero-order valence-electron chi connectivity index (χ0n) is 6.92. The number of nitrogen functional groups attached to an aromatic ring is 1.